The van der Waals surface area contributed by atoms with Gasteiger partial charge in [0, 0.05) is 26.2 Å². The molecule has 0 aromatic carbocycles. The van der Waals surface area contributed by atoms with Gasteiger partial charge >= 0.3 is 0 Å². The molecule has 1 aromatic heterocycles. The molecule has 1 atom stereocenters. The quantitative estimate of drug-likeness (QED) is 0.772. The molecular weight excluding hydrogens is 260 g/mol. The average molecular weight is 271 g/mol. The van der Waals surface area contributed by atoms with Crippen LogP contribution in [0, 0.1) is 0 Å². The zero-order valence-electron chi connectivity index (χ0n) is 8.27. The molecular formula is C10H11BrN2O2. The van der Waals surface area contributed by atoms with Gasteiger partial charge in [0.2, 0.25) is 0 Å². The zero-order chi connectivity index (χ0) is 11.1. The van der Waals surface area contributed by atoms with Gasteiger partial charge in [-0.3, -0.25) is 4.79 Å². The van der Waals surface area contributed by atoms with Gasteiger partial charge in [-0.25, -0.2) is 4.98 Å². The largest absolute Gasteiger partial charge is 0.375 e. The van der Waals surface area contributed by atoms with Crippen molar-refractivity contribution in [2.75, 3.05) is 13.6 Å². The number of aliphatic hydroxyl groups is 1. The number of likely N-dealkylation sites (N-methyl/N-ethyl adjacent to an activating group) is 1. The Balaban J connectivity index is 2.42. The maximum atomic E-state index is 11.8. The molecule has 5 heteroatoms. The second kappa shape index (κ2) is 3.57. The van der Waals surface area contributed by atoms with Gasteiger partial charge in [-0.2, -0.15) is 0 Å². The van der Waals surface area contributed by atoms with Gasteiger partial charge < -0.3 is 10.0 Å². The lowest BCUT2D eigenvalue weighted by molar-refractivity contribution is -0.143. The van der Waals surface area contributed by atoms with Crippen LogP contribution in [0.5, 0.6) is 0 Å². The summed E-state index contributed by atoms with van der Waals surface area (Å²) < 4.78 is 0.621. The van der Waals surface area contributed by atoms with Crippen LogP contribution < -0.4 is 0 Å². The van der Waals surface area contributed by atoms with Gasteiger partial charge in [-0.1, -0.05) is 0 Å². The Morgan fingerprint density at radius 2 is 2.40 bits per heavy atom. The Hall–Kier alpha value is -0.940. The molecule has 4 nitrogen and oxygen atoms in total. The topological polar surface area (TPSA) is 53.4 Å². The molecule has 1 fully saturated rings. The molecule has 1 aliphatic rings. The van der Waals surface area contributed by atoms with Gasteiger partial charge in [-0.05, 0) is 33.6 Å². The van der Waals surface area contributed by atoms with E-state index in [0.717, 1.165) is 0 Å². The number of hydrogen-bond acceptors (Lipinski definition) is 3. The predicted octanol–water partition coefficient (Wildman–Crippen LogP) is 0.894. The summed E-state index contributed by atoms with van der Waals surface area (Å²) in [6.07, 6.45) is 2.00. The van der Waals surface area contributed by atoms with Crippen LogP contribution in [0.2, 0.25) is 0 Å². The maximum Gasteiger partial charge on any atom is 0.258 e. The molecule has 1 aliphatic heterocycles. The molecule has 0 spiro atoms. The molecule has 1 aromatic rings. The molecule has 2 heterocycles. The lowest BCUT2D eigenvalue weighted by Gasteiger charge is -2.20. The normalized spacial score (nSPS) is 26.1. The number of carbonyl (C=O) groups excluding carboxylic acids is 1. The molecule has 80 valence electrons. The number of rotatable bonds is 1. The van der Waals surface area contributed by atoms with Gasteiger partial charge in [-0.15, -0.1) is 0 Å². The highest BCUT2D eigenvalue weighted by molar-refractivity contribution is 9.10. The van der Waals surface area contributed by atoms with Crippen LogP contribution in [-0.4, -0.2) is 34.5 Å². The van der Waals surface area contributed by atoms with E-state index < -0.39 is 5.60 Å². The first-order valence-corrected chi connectivity index (χ1v) is 5.43. The van der Waals surface area contributed by atoms with Crippen LogP contribution in [0.3, 0.4) is 0 Å². The minimum atomic E-state index is -1.37. The van der Waals surface area contributed by atoms with Gasteiger partial charge in [0.15, 0.2) is 5.60 Å². The van der Waals surface area contributed by atoms with Crippen molar-refractivity contribution in [1.29, 1.82) is 0 Å². The van der Waals surface area contributed by atoms with Crippen molar-refractivity contribution >= 4 is 21.8 Å². The number of carbonyl (C=O) groups is 1. The third-order valence-corrected chi connectivity index (χ3v) is 3.15. The molecule has 1 N–H and O–H groups in total. The monoisotopic (exact) mass is 270 g/mol. The van der Waals surface area contributed by atoms with E-state index in [-0.39, 0.29) is 5.91 Å². The van der Waals surface area contributed by atoms with E-state index in [4.69, 9.17) is 0 Å². The fourth-order valence-electron chi connectivity index (χ4n) is 1.78. The maximum absolute atomic E-state index is 11.8. The third kappa shape index (κ3) is 1.66. The second-order valence-electron chi connectivity index (χ2n) is 3.70. The van der Waals surface area contributed by atoms with E-state index in [1.54, 1.807) is 25.4 Å². The van der Waals surface area contributed by atoms with Crippen molar-refractivity contribution in [2.45, 2.75) is 12.0 Å². The van der Waals surface area contributed by atoms with Gasteiger partial charge in [0.05, 0.1) is 0 Å². The Kier molecular flexibility index (Phi) is 2.52. The van der Waals surface area contributed by atoms with E-state index in [0.29, 0.717) is 23.1 Å². The number of nitrogens with zero attached hydrogens (tertiary/aromatic N) is 2. The summed E-state index contributed by atoms with van der Waals surface area (Å²) in [5.74, 6) is -0.249. The first-order valence-electron chi connectivity index (χ1n) is 4.64. The highest BCUT2D eigenvalue weighted by Gasteiger charge is 2.45. The molecule has 2 rings (SSSR count). The van der Waals surface area contributed by atoms with Crippen LogP contribution in [-0.2, 0) is 10.4 Å². The molecule has 0 aliphatic carbocycles. The van der Waals surface area contributed by atoms with Gasteiger partial charge in [0.1, 0.15) is 4.60 Å². The average Bonchev–Trinajstić information content (AvgIpc) is 2.48. The van der Waals surface area contributed by atoms with E-state index in [1.165, 1.54) is 4.90 Å². The van der Waals surface area contributed by atoms with E-state index >= 15 is 0 Å². The van der Waals surface area contributed by atoms with E-state index in [2.05, 4.69) is 20.9 Å². The fraction of sp³-hybridized carbons (Fsp3) is 0.400. The fourth-order valence-corrected chi connectivity index (χ4v) is 2.15. The highest BCUT2D eigenvalue weighted by atomic mass is 79.9. The number of halogens is 1. The first kappa shape index (κ1) is 10.6. The van der Waals surface area contributed by atoms with Crippen molar-refractivity contribution in [3.05, 3.63) is 28.5 Å². The standard InChI is InChI=1S/C10H11BrN2O2/c1-13-5-3-10(15,9(13)14)7-2-4-12-8(11)6-7/h2,4,6,15H,3,5H2,1H3/t10-/m0/s1. The summed E-state index contributed by atoms with van der Waals surface area (Å²) in [5, 5.41) is 10.3. The molecule has 0 bridgehead atoms. The zero-order valence-corrected chi connectivity index (χ0v) is 9.86. The summed E-state index contributed by atoms with van der Waals surface area (Å²) in [4.78, 5) is 17.3. The molecule has 1 amide bonds. The van der Waals surface area contributed by atoms with E-state index in [1.807, 2.05) is 0 Å². The molecule has 0 saturated carbocycles. The number of aromatic nitrogens is 1. The number of amides is 1. The molecule has 15 heavy (non-hydrogen) atoms. The lowest BCUT2D eigenvalue weighted by Crippen LogP contribution is -2.36. The molecule has 1 saturated heterocycles. The summed E-state index contributed by atoms with van der Waals surface area (Å²) in [6, 6.07) is 3.35. The van der Waals surface area contributed by atoms with Crippen molar-refractivity contribution in [1.82, 2.24) is 9.88 Å². The molecule has 0 unspecified atom stereocenters. The summed E-state index contributed by atoms with van der Waals surface area (Å²) in [5.41, 5.74) is -0.779. The minimum Gasteiger partial charge on any atom is -0.375 e. The van der Waals surface area contributed by atoms with Crippen LogP contribution >= 0.6 is 15.9 Å². The second-order valence-corrected chi connectivity index (χ2v) is 4.52. The predicted molar refractivity (Wildman–Crippen MR) is 58.1 cm³/mol. The number of pyridine rings is 1. The van der Waals surface area contributed by atoms with Crippen molar-refractivity contribution in [3.63, 3.8) is 0 Å². The Morgan fingerprint density at radius 3 is 2.93 bits per heavy atom. The SMILES string of the molecule is CN1CC[C@](O)(c2ccnc(Br)c2)C1=O. The Bertz CT molecular complexity index is 410. The smallest absolute Gasteiger partial charge is 0.258 e. The lowest BCUT2D eigenvalue weighted by atomic mass is 9.93. The third-order valence-electron chi connectivity index (χ3n) is 2.71. The highest BCUT2D eigenvalue weighted by Crippen LogP contribution is 2.32. The van der Waals surface area contributed by atoms with Crippen LogP contribution in [0.1, 0.15) is 12.0 Å². The summed E-state index contributed by atoms with van der Waals surface area (Å²) in [6.45, 7) is 0.579. The van der Waals surface area contributed by atoms with E-state index in [9.17, 15) is 9.90 Å². The van der Waals surface area contributed by atoms with Crippen LogP contribution in [0.4, 0.5) is 0 Å². The summed E-state index contributed by atoms with van der Waals surface area (Å²) in [7, 11) is 1.69. The van der Waals surface area contributed by atoms with Crippen LogP contribution in [0.15, 0.2) is 22.9 Å². The molecule has 0 radical (unpaired) electrons. The van der Waals surface area contributed by atoms with Crippen molar-refractivity contribution in [2.24, 2.45) is 0 Å². The van der Waals surface area contributed by atoms with Crippen molar-refractivity contribution < 1.29 is 9.90 Å². The first-order chi connectivity index (χ1) is 7.04. The summed E-state index contributed by atoms with van der Waals surface area (Å²) >= 11 is 3.22. The number of hydrogen-bond donors (Lipinski definition) is 1. The number of likely N-dealkylation sites (tertiary alicyclic amines) is 1. The van der Waals surface area contributed by atoms with Crippen LogP contribution in [0.25, 0.3) is 0 Å². The van der Waals surface area contributed by atoms with Gasteiger partial charge in [0.25, 0.3) is 5.91 Å². The Labute approximate surface area is 96.1 Å². The van der Waals surface area contributed by atoms with Crippen molar-refractivity contribution in [3.8, 4) is 0 Å². The minimum absolute atomic E-state index is 0.249. The Morgan fingerprint density at radius 1 is 1.67 bits per heavy atom.